The predicted molar refractivity (Wildman–Crippen MR) is 132 cm³/mol. The van der Waals surface area contributed by atoms with E-state index in [9.17, 15) is 0 Å². The first-order valence-corrected chi connectivity index (χ1v) is 11.9. The maximum atomic E-state index is 6.67. The first-order valence-electron chi connectivity index (χ1n) is 10.4. The average molecular weight is 511 g/mol. The van der Waals surface area contributed by atoms with Crippen molar-refractivity contribution < 1.29 is 9.47 Å². The zero-order chi connectivity index (χ0) is 22.6. The molecule has 3 nitrogen and oxygen atoms in total. The molecule has 0 saturated carbocycles. The van der Waals surface area contributed by atoms with E-state index >= 15 is 0 Å². The van der Waals surface area contributed by atoms with Gasteiger partial charge in [0, 0.05) is 16.6 Å². The molecule has 1 heterocycles. The van der Waals surface area contributed by atoms with Crippen LogP contribution in [0.25, 0.3) is 0 Å². The lowest BCUT2D eigenvalue weighted by molar-refractivity contribution is -0.176. The second-order valence-electron chi connectivity index (χ2n) is 7.82. The van der Waals surface area contributed by atoms with Gasteiger partial charge in [0.05, 0.1) is 23.3 Å². The summed E-state index contributed by atoms with van der Waals surface area (Å²) in [7, 11) is 0. The Morgan fingerprint density at radius 3 is 2.34 bits per heavy atom. The molecule has 0 bridgehead atoms. The van der Waals surface area contributed by atoms with Crippen molar-refractivity contribution in [3.63, 3.8) is 0 Å². The van der Waals surface area contributed by atoms with E-state index < -0.39 is 5.60 Å². The van der Waals surface area contributed by atoms with Crippen LogP contribution in [-0.2, 0) is 28.3 Å². The molecule has 4 rings (SSSR count). The van der Waals surface area contributed by atoms with Crippen LogP contribution in [0.3, 0.4) is 0 Å². The molecule has 1 aliphatic rings. The van der Waals surface area contributed by atoms with Crippen LogP contribution < -0.4 is 5.32 Å². The van der Waals surface area contributed by atoms with E-state index in [1.807, 2.05) is 60.7 Å². The number of rotatable bonds is 7. The summed E-state index contributed by atoms with van der Waals surface area (Å²) in [5.74, 6) is 0. The van der Waals surface area contributed by atoms with E-state index in [2.05, 4.69) is 5.32 Å². The molecule has 0 amide bonds. The summed E-state index contributed by atoms with van der Waals surface area (Å²) in [6.45, 7) is 2.26. The van der Waals surface area contributed by atoms with Crippen molar-refractivity contribution in [1.29, 1.82) is 0 Å². The van der Waals surface area contributed by atoms with Crippen LogP contribution in [0, 0.1) is 0 Å². The summed E-state index contributed by atoms with van der Waals surface area (Å²) >= 11 is 24.6. The molecule has 0 spiro atoms. The first kappa shape index (κ1) is 23.8. The Morgan fingerprint density at radius 1 is 0.812 bits per heavy atom. The van der Waals surface area contributed by atoms with E-state index in [-0.39, 0.29) is 6.10 Å². The van der Waals surface area contributed by atoms with Crippen LogP contribution in [0.5, 0.6) is 0 Å². The Labute approximate surface area is 208 Å². The highest BCUT2D eigenvalue weighted by molar-refractivity contribution is 6.42. The van der Waals surface area contributed by atoms with Gasteiger partial charge in [-0.05, 0) is 66.1 Å². The van der Waals surface area contributed by atoms with Gasteiger partial charge in [0.2, 0.25) is 0 Å². The van der Waals surface area contributed by atoms with Crippen molar-refractivity contribution in [3.05, 3.63) is 104 Å². The number of nitrogens with one attached hydrogen (secondary N) is 1. The highest BCUT2D eigenvalue weighted by Gasteiger charge is 2.44. The lowest BCUT2D eigenvalue weighted by Crippen LogP contribution is -2.54. The number of hydrogen-bond donors (Lipinski definition) is 1. The van der Waals surface area contributed by atoms with Crippen molar-refractivity contribution in [2.75, 3.05) is 13.1 Å². The van der Waals surface area contributed by atoms with Crippen molar-refractivity contribution in [2.45, 2.75) is 31.3 Å². The molecule has 7 heteroatoms. The molecule has 168 valence electrons. The molecule has 1 saturated heterocycles. The quantitative estimate of drug-likeness (QED) is 0.362. The van der Waals surface area contributed by atoms with Gasteiger partial charge in [-0.1, -0.05) is 76.7 Å². The summed E-state index contributed by atoms with van der Waals surface area (Å²) in [5, 5.41) is 5.83. The predicted octanol–water partition coefficient (Wildman–Crippen LogP) is 7.29. The normalized spacial score (nSPS) is 20.9. The van der Waals surface area contributed by atoms with Crippen molar-refractivity contribution >= 4 is 46.4 Å². The van der Waals surface area contributed by atoms with Gasteiger partial charge < -0.3 is 14.8 Å². The van der Waals surface area contributed by atoms with Crippen molar-refractivity contribution in [3.8, 4) is 0 Å². The minimum Gasteiger partial charge on any atom is -0.369 e. The molecule has 0 radical (unpaired) electrons. The van der Waals surface area contributed by atoms with Gasteiger partial charge in [0.1, 0.15) is 11.7 Å². The smallest absolute Gasteiger partial charge is 0.122 e. The topological polar surface area (TPSA) is 30.5 Å². The second-order valence-corrected chi connectivity index (χ2v) is 9.50. The van der Waals surface area contributed by atoms with Crippen LogP contribution in [0.1, 0.15) is 23.1 Å². The third kappa shape index (κ3) is 5.60. The Hall–Kier alpha value is -1.30. The van der Waals surface area contributed by atoms with Crippen molar-refractivity contribution in [2.24, 2.45) is 0 Å². The molecule has 32 heavy (non-hydrogen) atoms. The number of halogens is 4. The molecule has 1 N–H and O–H groups in total. The SMILES string of the molecule is Clc1ccc([C@]2(OCc3cccc(Cl)c3)CCNC[C@@H]2OCc2ccc(Cl)c(Cl)c2)cc1. The van der Waals surface area contributed by atoms with Gasteiger partial charge in [-0.15, -0.1) is 0 Å². The third-order valence-corrected chi connectivity index (χ3v) is 6.90. The molecule has 1 fully saturated rings. The molecule has 2 atom stereocenters. The van der Waals surface area contributed by atoms with Crippen LogP contribution >= 0.6 is 46.4 Å². The third-order valence-electron chi connectivity index (χ3n) is 5.68. The molecule has 3 aromatic rings. The van der Waals surface area contributed by atoms with Crippen LogP contribution in [0.15, 0.2) is 66.7 Å². The number of ether oxygens (including phenoxy) is 2. The monoisotopic (exact) mass is 509 g/mol. The largest absolute Gasteiger partial charge is 0.369 e. The van der Waals surface area contributed by atoms with E-state index in [0.717, 1.165) is 29.7 Å². The van der Waals surface area contributed by atoms with Crippen LogP contribution in [0.4, 0.5) is 0 Å². The highest BCUT2D eigenvalue weighted by atomic mass is 35.5. The van der Waals surface area contributed by atoms with Gasteiger partial charge in [0.15, 0.2) is 0 Å². The minimum atomic E-state index is -0.644. The molecular weight excluding hydrogens is 488 g/mol. The van der Waals surface area contributed by atoms with Gasteiger partial charge >= 0.3 is 0 Å². The Bertz CT molecular complexity index is 1060. The van der Waals surface area contributed by atoms with Gasteiger partial charge in [-0.3, -0.25) is 0 Å². The molecule has 0 unspecified atom stereocenters. The van der Waals surface area contributed by atoms with Gasteiger partial charge in [-0.25, -0.2) is 0 Å². The molecule has 0 aromatic heterocycles. The lowest BCUT2D eigenvalue weighted by atomic mass is 9.82. The van der Waals surface area contributed by atoms with E-state index in [1.165, 1.54) is 0 Å². The fraction of sp³-hybridized carbons (Fsp3) is 0.280. The van der Waals surface area contributed by atoms with E-state index in [4.69, 9.17) is 55.9 Å². The van der Waals surface area contributed by atoms with Crippen molar-refractivity contribution in [1.82, 2.24) is 5.32 Å². The first-order chi connectivity index (χ1) is 15.5. The second kappa shape index (κ2) is 10.8. The highest BCUT2D eigenvalue weighted by Crippen LogP contribution is 2.39. The molecule has 3 aromatic carbocycles. The Kier molecular flexibility index (Phi) is 8.01. The Morgan fingerprint density at radius 2 is 1.59 bits per heavy atom. The van der Waals surface area contributed by atoms with Gasteiger partial charge in [0.25, 0.3) is 0 Å². The summed E-state index contributed by atoms with van der Waals surface area (Å²) in [6, 6.07) is 21.0. The minimum absolute atomic E-state index is 0.230. The zero-order valence-electron chi connectivity index (χ0n) is 17.3. The summed E-state index contributed by atoms with van der Waals surface area (Å²) in [6.07, 6.45) is 0.521. The standard InChI is InChI=1S/C25H23Cl4NO2/c26-20-7-5-19(6-8-20)25(32-16-17-2-1-3-21(27)12-17)10-11-30-14-24(25)31-15-18-4-9-22(28)23(29)13-18/h1-9,12-13,24,30H,10-11,14-16H2/t24-,25+/m0/s1. The molecule has 1 aliphatic heterocycles. The van der Waals surface area contributed by atoms with E-state index in [0.29, 0.717) is 39.8 Å². The Balaban J connectivity index is 1.61. The number of piperidine rings is 1. The zero-order valence-corrected chi connectivity index (χ0v) is 20.3. The molecular formula is C25H23Cl4NO2. The van der Waals surface area contributed by atoms with Crippen LogP contribution in [-0.4, -0.2) is 19.2 Å². The van der Waals surface area contributed by atoms with Gasteiger partial charge in [-0.2, -0.15) is 0 Å². The number of benzene rings is 3. The summed E-state index contributed by atoms with van der Waals surface area (Å²) < 4.78 is 13.1. The van der Waals surface area contributed by atoms with Crippen LogP contribution in [0.2, 0.25) is 20.1 Å². The molecule has 0 aliphatic carbocycles. The summed E-state index contributed by atoms with van der Waals surface area (Å²) in [5.41, 5.74) is 2.34. The van der Waals surface area contributed by atoms with E-state index in [1.54, 1.807) is 6.07 Å². The summed E-state index contributed by atoms with van der Waals surface area (Å²) in [4.78, 5) is 0. The fourth-order valence-corrected chi connectivity index (χ4v) is 4.66. The lowest BCUT2D eigenvalue weighted by Gasteiger charge is -2.44. The number of hydrogen-bond acceptors (Lipinski definition) is 3. The fourth-order valence-electron chi connectivity index (χ4n) is 4.00. The maximum Gasteiger partial charge on any atom is 0.122 e. The average Bonchev–Trinajstić information content (AvgIpc) is 2.79. The maximum absolute atomic E-state index is 6.67.